The zero-order valence-corrected chi connectivity index (χ0v) is 11.2. The molecule has 2 nitrogen and oxygen atoms in total. The van der Waals surface area contributed by atoms with Crippen molar-refractivity contribution in [2.45, 2.75) is 29.8 Å². The molecule has 0 saturated carbocycles. The van der Waals surface area contributed by atoms with Gasteiger partial charge in [-0.3, -0.25) is 0 Å². The Hall–Kier alpha value is -0.510. The average molecular weight is 248 g/mol. The average Bonchev–Trinajstić information content (AvgIpc) is 2.73. The summed E-state index contributed by atoms with van der Waals surface area (Å²) in [5.41, 5.74) is 1.51. The number of hydrogen-bond acceptors (Lipinski definition) is 3. The second-order valence-corrected chi connectivity index (χ2v) is 6.23. The molecule has 0 bridgehead atoms. The summed E-state index contributed by atoms with van der Waals surface area (Å²) < 4.78 is 0. The molecule has 0 aliphatic carbocycles. The van der Waals surface area contributed by atoms with Gasteiger partial charge in [0.15, 0.2) is 0 Å². The first-order valence-corrected chi connectivity index (χ1v) is 7.48. The van der Waals surface area contributed by atoms with Gasteiger partial charge in [0, 0.05) is 29.3 Å². The minimum Gasteiger partial charge on any atom is -0.305 e. The second kappa shape index (κ2) is 5.01. The molecule has 2 heterocycles. The maximum absolute atomic E-state index is 3.84. The van der Waals surface area contributed by atoms with E-state index in [0.717, 1.165) is 0 Å². The molecule has 1 fully saturated rings. The summed E-state index contributed by atoms with van der Waals surface area (Å²) in [5.74, 6) is 1.19. The van der Waals surface area contributed by atoms with Gasteiger partial charge in [0.25, 0.3) is 0 Å². The van der Waals surface area contributed by atoms with Gasteiger partial charge in [-0.2, -0.15) is 0 Å². The third-order valence-corrected chi connectivity index (χ3v) is 4.94. The molecule has 17 heavy (non-hydrogen) atoms. The Morgan fingerprint density at radius 3 is 3.12 bits per heavy atom. The summed E-state index contributed by atoms with van der Waals surface area (Å²) in [6, 6.07) is 10.1. The molecule has 1 aromatic rings. The fraction of sp³-hybridized carbons (Fsp3) is 0.571. The number of fused-ring (bicyclic) bond motifs is 1. The molecule has 2 unspecified atom stereocenters. The molecule has 92 valence electrons. The maximum atomic E-state index is 3.84. The first-order valence-electron chi connectivity index (χ1n) is 6.49. The quantitative estimate of drug-likeness (QED) is 0.866. The molecule has 2 atom stereocenters. The SMILES string of the molecule is CN1CCCC(NC2CSc3ccccc32)C1. The van der Waals surface area contributed by atoms with E-state index < -0.39 is 0 Å². The summed E-state index contributed by atoms with van der Waals surface area (Å²) in [5, 5.41) is 3.84. The van der Waals surface area contributed by atoms with Crippen molar-refractivity contribution < 1.29 is 0 Å². The number of nitrogens with one attached hydrogen (secondary N) is 1. The molecule has 3 heteroatoms. The standard InChI is InChI=1S/C14H20N2S/c1-16-8-4-5-11(9-16)15-13-10-17-14-7-3-2-6-12(13)14/h2-3,6-7,11,13,15H,4-5,8-10H2,1H3. The maximum Gasteiger partial charge on any atom is 0.0429 e. The van der Waals surface area contributed by atoms with Crippen LogP contribution in [0.1, 0.15) is 24.4 Å². The first kappa shape index (κ1) is 11.6. The zero-order valence-electron chi connectivity index (χ0n) is 10.4. The first-order chi connectivity index (χ1) is 8.33. The van der Waals surface area contributed by atoms with Gasteiger partial charge < -0.3 is 10.2 Å². The molecule has 0 spiro atoms. The van der Waals surface area contributed by atoms with Crippen LogP contribution in [0.15, 0.2) is 29.2 Å². The van der Waals surface area contributed by atoms with Crippen molar-refractivity contribution in [3.8, 4) is 0 Å². The van der Waals surface area contributed by atoms with Gasteiger partial charge in [-0.25, -0.2) is 0 Å². The Labute approximate surface area is 108 Å². The van der Waals surface area contributed by atoms with Crippen LogP contribution in [0.3, 0.4) is 0 Å². The fourth-order valence-electron chi connectivity index (χ4n) is 2.89. The van der Waals surface area contributed by atoms with Gasteiger partial charge in [-0.05, 0) is 38.1 Å². The Morgan fingerprint density at radius 1 is 1.35 bits per heavy atom. The molecular weight excluding hydrogens is 228 g/mol. The number of likely N-dealkylation sites (N-methyl/N-ethyl adjacent to an activating group) is 1. The van der Waals surface area contributed by atoms with Crippen LogP contribution in [0.5, 0.6) is 0 Å². The van der Waals surface area contributed by atoms with Crippen molar-refractivity contribution in [2.75, 3.05) is 25.9 Å². The topological polar surface area (TPSA) is 15.3 Å². The predicted molar refractivity (Wildman–Crippen MR) is 73.6 cm³/mol. The summed E-state index contributed by atoms with van der Waals surface area (Å²) in [6.07, 6.45) is 2.66. The molecule has 3 rings (SSSR count). The molecule has 0 amide bonds. The lowest BCUT2D eigenvalue weighted by atomic mass is 10.0. The second-order valence-electron chi connectivity index (χ2n) is 5.17. The summed E-state index contributed by atoms with van der Waals surface area (Å²) >= 11 is 1.99. The Balaban J connectivity index is 1.67. The molecule has 1 aromatic carbocycles. The van der Waals surface area contributed by atoms with E-state index in [2.05, 4.69) is 41.5 Å². The predicted octanol–water partition coefficient (Wildman–Crippen LogP) is 2.52. The monoisotopic (exact) mass is 248 g/mol. The third-order valence-electron chi connectivity index (χ3n) is 3.76. The van der Waals surface area contributed by atoms with E-state index in [1.165, 1.54) is 42.1 Å². The van der Waals surface area contributed by atoms with Crippen LogP contribution >= 0.6 is 11.8 Å². The number of benzene rings is 1. The van der Waals surface area contributed by atoms with Crippen molar-refractivity contribution in [2.24, 2.45) is 0 Å². The van der Waals surface area contributed by atoms with Crippen molar-refractivity contribution in [1.82, 2.24) is 10.2 Å². The van der Waals surface area contributed by atoms with Crippen LogP contribution < -0.4 is 5.32 Å². The highest BCUT2D eigenvalue weighted by Crippen LogP contribution is 2.38. The number of likely N-dealkylation sites (tertiary alicyclic amines) is 1. The molecule has 0 aromatic heterocycles. The van der Waals surface area contributed by atoms with Crippen LogP contribution in [0, 0.1) is 0 Å². The molecule has 2 aliphatic rings. The molecule has 2 aliphatic heterocycles. The summed E-state index contributed by atoms with van der Waals surface area (Å²) in [4.78, 5) is 3.91. The minimum atomic E-state index is 0.563. The van der Waals surface area contributed by atoms with E-state index in [0.29, 0.717) is 12.1 Å². The molecule has 1 saturated heterocycles. The van der Waals surface area contributed by atoms with E-state index in [-0.39, 0.29) is 0 Å². The lowest BCUT2D eigenvalue weighted by Crippen LogP contribution is -2.45. The number of piperidine rings is 1. The van der Waals surface area contributed by atoms with E-state index >= 15 is 0 Å². The zero-order chi connectivity index (χ0) is 11.7. The van der Waals surface area contributed by atoms with Crippen LogP contribution in [0.4, 0.5) is 0 Å². The van der Waals surface area contributed by atoms with Crippen LogP contribution in [0.2, 0.25) is 0 Å². The third kappa shape index (κ3) is 2.51. The molecule has 0 radical (unpaired) electrons. The smallest absolute Gasteiger partial charge is 0.0429 e. The highest BCUT2D eigenvalue weighted by molar-refractivity contribution is 7.99. The lowest BCUT2D eigenvalue weighted by Gasteiger charge is -2.32. The van der Waals surface area contributed by atoms with Crippen molar-refractivity contribution in [1.29, 1.82) is 0 Å². The highest BCUT2D eigenvalue weighted by Gasteiger charge is 2.26. The van der Waals surface area contributed by atoms with E-state index in [1.54, 1.807) is 0 Å². The number of nitrogens with zero attached hydrogens (tertiary/aromatic N) is 1. The van der Waals surface area contributed by atoms with Gasteiger partial charge in [0.2, 0.25) is 0 Å². The Morgan fingerprint density at radius 2 is 2.24 bits per heavy atom. The van der Waals surface area contributed by atoms with Gasteiger partial charge in [0.1, 0.15) is 0 Å². The van der Waals surface area contributed by atoms with E-state index in [9.17, 15) is 0 Å². The number of hydrogen-bond donors (Lipinski definition) is 1. The summed E-state index contributed by atoms with van der Waals surface area (Å²) in [7, 11) is 2.23. The highest BCUT2D eigenvalue weighted by atomic mass is 32.2. The van der Waals surface area contributed by atoms with Crippen LogP contribution in [-0.4, -0.2) is 36.8 Å². The van der Waals surface area contributed by atoms with Crippen LogP contribution in [0.25, 0.3) is 0 Å². The van der Waals surface area contributed by atoms with Gasteiger partial charge >= 0.3 is 0 Å². The molecule has 1 N–H and O–H groups in total. The van der Waals surface area contributed by atoms with E-state index in [4.69, 9.17) is 0 Å². The number of rotatable bonds is 2. The minimum absolute atomic E-state index is 0.563. The van der Waals surface area contributed by atoms with Gasteiger partial charge in [-0.15, -0.1) is 11.8 Å². The van der Waals surface area contributed by atoms with Crippen LogP contribution in [-0.2, 0) is 0 Å². The Kier molecular flexibility index (Phi) is 3.41. The van der Waals surface area contributed by atoms with Crippen molar-refractivity contribution in [3.05, 3.63) is 29.8 Å². The van der Waals surface area contributed by atoms with Gasteiger partial charge in [0.05, 0.1) is 0 Å². The van der Waals surface area contributed by atoms with E-state index in [1.807, 2.05) is 11.8 Å². The number of thioether (sulfide) groups is 1. The van der Waals surface area contributed by atoms with Crippen molar-refractivity contribution >= 4 is 11.8 Å². The molecular formula is C14H20N2S. The Bertz CT molecular complexity index is 394. The fourth-order valence-corrected chi connectivity index (χ4v) is 4.06. The van der Waals surface area contributed by atoms with Crippen molar-refractivity contribution in [3.63, 3.8) is 0 Å². The normalized spacial score (nSPS) is 29.2. The largest absolute Gasteiger partial charge is 0.305 e. The summed E-state index contributed by atoms with van der Waals surface area (Å²) in [6.45, 7) is 2.46. The lowest BCUT2D eigenvalue weighted by molar-refractivity contribution is 0.219. The van der Waals surface area contributed by atoms with Gasteiger partial charge in [-0.1, -0.05) is 18.2 Å².